The Morgan fingerprint density at radius 2 is 1.92 bits per heavy atom. The molecule has 66 valence electrons. The van der Waals surface area contributed by atoms with E-state index in [9.17, 15) is 0 Å². The SMILES string of the molecule is Cc1oncc1-c1ccc(Cl)cc1. The Labute approximate surface area is 81.1 Å². The van der Waals surface area contributed by atoms with Gasteiger partial charge in [0.15, 0.2) is 0 Å². The lowest BCUT2D eigenvalue weighted by Gasteiger charge is -1.96. The minimum absolute atomic E-state index is 0.734. The molecule has 0 N–H and O–H groups in total. The van der Waals surface area contributed by atoms with Crippen LogP contribution >= 0.6 is 11.6 Å². The normalized spacial score (nSPS) is 10.3. The van der Waals surface area contributed by atoms with Crippen molar-refractivity contribution in [3.05, 3.63) is 41.2 Å². The van der Waals surface area contributed by atoms with Crippen molar-refractivity contribution in [2.45, 2.75) is 6.92 Å². The van der Waals surface area contributed by atoms with Crippen LogP contribution in [0.25, 0.3) is 11.1 Å². The van der Waals surface area contributed by atoms with Crippen molar-refractivity contribution in [3.63, 3.8) is 0 Å². The summed E-state index contributed by atoms with van der Waals surface area (Å²) in [5, 5.41) is 4.45. The summed E-state index contributed by atoms with van der Waals surface area (Å²) in [7, 11) is 0. The molecule has 13 heavy (non-hydrogen) atoms. The van der Waals surface area contributed by atoms with E-state index in [0.29, 0.717) is 0 Å². The average Bonchev–Trinajstić information content (AvgIpc) is 2.53. The van der Waals surface area contributed by atoms with Gasteiger partial charge < -0.3 is 4.52 Å². The Kier molecular flexibility index (Phi) is 2.07. The summed E-state index contributed by atoms with van der Waals surface area (Å²) < 4.78 is 4.97. The molecule has 0 amide bonds. The molecule has 1 aromatic heterocycles. The monoisotopic (exact) mass is 193 g/mol. The molecule has 0 saturated heterocycles. The fourth-order valence-electron chi connectivity index (χ4n) is 1.21. The predicted molar refractivity (Wildman–Crippen MR) is 51.7 cm³/mol. The van der Waals surface area contributed by atoms with Gasteiger partial charge in [-0.3, -0.25) is 0 Å². The summed E-state index contributed by atoms with van der Waals surface area (Å²) in [4.78, 5) is 0. The van der Waals surface area contributed by atoms with E-state index in [-0.39, 0.29) is 0 Å². The largest absolute Gasteiger partial charge is 0.361 e. The van der Waals surface area contributed by atoms with Crippen molar-refractivity contribution in [3.8, 4) is 11.1 Å². The number of halogens is 1. The van der Waals surface area contributed by atoms with Gasteiger partial charge in [0, 0.05) is 10.6 Å². The Hall–Kier alpha value is -1.28. The van der Waals surface area contributed by atoms with Gasteiger partial charge in [-0.05, 0) is 24.6 Å². The first-order valence-electron chi connectivity index (χ1n) is 3.94. The van der Waals surface area contributed by atoms with E-state index in [0.717, 1.165) is 21.9 Å². The van der Waals surface area contributed by atoms with Crippen LogP contribution in [0.2, 0.25) is 5.02 Å². The minimum atomic E-state index is 0.734. The van der Waals surface area contributed by atoms with Gasteiger partial charge in [0.2, 0.25) is 0 Å². The molecule has 2 aromatic rings. The van der Waals surface area contributed by atoms with Gasteiger partial charge in [0.25, 0.3) is 0 Å². The molecule has 0 spiro atoms. The van der Waals surface area contributed by atoms with Crippen LogP contribution in [-0.4, -0.2) is 5.16 Å². The van der Waals surface area contributed by atoms with E-state index in [1.807, 2.05) is 31.2 Å². The highest BCUT2D eigenvalue weighted by atomic mass is 35.5. The molecular formula is C10H8ClNO. The Bertz CT molecular complexity index is 405. The summed E-state index contributed by atoms with van der Waals surface area (Å²) in [5.74, 6) is 0.822. The van der Waals surface area contributed by atoms with Crippen LogP contribution in [0, 0.1) is 6.92 Å². The maximum atomic E-state index is 5.77. The summed E-state index contributed by atoms with van der Waals surface area (Å²) in [6.45, 7) is 1.89. The standard InChI is InChI=1S/C10H8ClNO/c1-7-10(6-12-13-7)8-2-4-9(11)5-3-8/h2-6H,1H3. The highest BCUT2D eigenvalue weighted by molar-refractivity contribution is 6.30. The van der Waals surface area contributed by atoms with Crippen LogP contribution in [0.3, 0.4) is 0 Å². The van der Waals surface area contributed by atoms with Gasteiger partial charge in [-0.25, -0.2) is 0 Å². The van der Waals surface area contributed by atoms with E-state index in [2.05, 4.69) is 5.16 Å². The number of nitrogens with zero attached hydrogens (tertiary/aromatic N) is 1. The fourth-order valence-corrected chi connectivity index (χ4v) is 1.33. The van der Waals surface area contributed by atoms with E-state index in [1.165, 1.54) is 0 Å². The van der Waals surface area contributed by atoms with Gasteiger partial charge in [-0.2, -0.15) is 0 Å². The molecule has 0 aliphatic carbocycles. The molecule has 2 nitrogen and oxygen atoms in total. The van der Waals surface area contributed by atoms with Gasteiger partial charge in [0.1, 0.15) is 5.76 Å². The van der Waals surface area contributed by atoms with Crippen molar-refractivity contribution < 1.29 is 4.52 Å². The maximum absolute atomic E-state index is 5.77. The maximum Gasteiger partial charge on any atom is 0.141 e. The van der Waals surface area contributed by atoms with E-state index >= 15 is 0 Å². The third-order valence-electron chi connectivity index (χ3n) is 1.91. The van der Waals surface area contributed by atoms with E-state index in [1.54, 1.807) is 6.20 Å². The first kappa shape index (κ1) is 8.32. The van der Waals surface area contributed by atoms with Gasteiger partial charge in [-0.15, -0.1) is 0 Å². The lowest BCUT2D eigenvalue weighted by molar-refractivity contribution is 0.398. The zero-order valence-corrected chi connectivity index (χ0v) is 7.88. The van der Waals surface area contributed by atoms with Crippen LogP contribution in [0.5, 0.6) is 0 Å². The molecule has 0 atom stereocenters. The zero-order valence-electron chi connectivity index (χ0n) is 7.12. The van der Waals surface area contributed by atoms with Crippen molar-refractivity contribution in [2.24, 2.45) is 0 Å². The molecule has 1 aromatic carbocycles. The predicted octanol–water partition coefficient (Wildman–Crippen LogP) is 3.30. The summed E-state index contributed by atoms with van der Waals surface area (Å²) in [5.41, 5.74) is 2.08. The number of hydrogen-bond acceptors (Lipinski definition) is 2. The highest BCUT2D eigenvalue weighted by Gasteiger charge is 2.04. The second-order valence-corrected chi connectivity index (χ2v) is 3.24. The molecule has 0 radical (unpaired) electrons. The number of rotatable bonds is 1. The van der Waals surface area contributed by atoms with Gasteiger partial charge in [-0.1, -0.05) is 28.9 Å². The van der Waals surface area contributed by atoms with Crippen LogP contribution in [0.15, 0.2) is 35.0 Å². The van der Waals surface area contributed by atoms with E-state index in [4.69, 9.17) is 16.1 Å². The topological polar surface area (TPSA) is 26.0 Å². The van der Waals surface area contributed by atoms with Crippen LogP contribution in [0.1, 0.15) is 5.76 Å². The molecule has 3 heteroatoms. The number of benzene rings is 1. The average molecular weight is 194 g/mol. The molecule has 0 fully saturated rings. The molecule has 0 bridgehead atoms. The molecule has 2 rings (SSSR count). The third-order valence-corrected chi connectivity index (χ3v) is 2.16. The Morgan fingerprint density at radius 3 is 2.46 bits per heavy atom. The molecule has 0 saturated carbocycles. The quantitative estimate of drug-likeness (QED) is 0.695. The first-order valence-corrected chi connectivity index (χ1v) is 4.32. The third kappa shape index (κ3) is 1.58. The molecule has 1 heterocycles. The van der Waals surface area contributed by atoms with Crippen LogP contribution in [-0.2, 0) is 0 Å². The van der Waals surface area contributed by atoms with Crippen molar-refractivity contribution in [1.82, 2.24) is 5.16 Å². The molecule has 0 unspecified atom stereocenters. The lowest BCUT2D eigenvalue weighted by atomic mass is 10.1. The van der Waals surface area contributed by atoms with Crippen molar-refractivity contribution in [2.75, 3.05) is 0 Å². The summed E-state index contributed by atoms with van der Waals surface area (Å²) >= 11 is 5.77. The smallest absolute Gasteiger partial charge is 0.141 e. The van der Waals surface area contributed by atoms with E-state index < -0.39 is 0 Å². The minimum Gasteiger partial charge on any atom is -0.361 e. The van der Waals surface area contributed by atoms with Crippen molar-refractivity contribution in [1.29, 1.82) is 0 Å². The van der Waals surface area contributed by atoms with Gasteiger partial charge >= 0.3 is 0 Å². The fraction of sp³-hybridized carbons (Fsp3) is 0.100. The van der Waals surface area contributed by atoms with Crippen molar-refractivity contribution >= 4 is 11.6 Å². The number of hydrogen-bond donors (Lipinski definition) is 0. The molecule has 0 aliphatic heterocycles. The second kappa shape index (κ2) is 3.23. The van der Waals surface area contributed by atoms with Gasteiger partial charge in [0.05, 0.1) is 6.20 Å². The summed E-state index contributed by atoms with van der Waals surface area (Å²) in [6.07, 6.45) is 1.71. The highest BCUT2D eigenvalue weighted by Crippen LogP contribution is 2.23. The number of aryl methyl sites for hydroxylation is 1. The second-order valence-electron chi connectivity index (χ2n) is 2.80. The Balaban J connectivity index is 2.47. The molecular weight excluding hydrogens is 186 g/mol. The van der Waals surface area contributed by atoms with Crippen LogP contribution < -0.4 is 0 Å². The summed E-state index contributed by atoms with van der Waals surface area (Å²) in [6, 6.07) is 7.59. The first-order chi connectivity index (χ1) is 6.27. The van der Waals surface area contributed by atoms with Crippen LogP contribution in [0.4, 0.5) is 0 Å². The number of aromatic nitrogens is 1. The lowest BCUT2D eigenvalue weighted by Crippen LogP contribution is -1.75. The zero-order chi connectivity index (χ0) is 9.26. The molecule has 0 aliphatic rings. The Morgan fingerprint density at radius 1 is 1.23 bits per heavy atom.